The van der Waals surface area contributed by atoms with E-state index in [0.29, 0.717) is 17.9 Å². The van der Waals surface area contributed by atoms with Gasteiger partial charge in [-0.2, -0.15) is 9.40 Å². The van der Waals surface area contributed by atoms with Gasteiger partial charge < -0.3 is 4.90 Å². The van der Waals surface area contributed by atoms with Crippen molar-refractivity contribution in [2.45, 2.75) is 25.3 Å². The van der Waals surface area contributed by atoms with Crippen LogP contribution in [-0.2, 0) is 21.4 Å². The molecule has 2 aromatic rings. The summed E-state index contributed by atoms with van der Waals surface area (Å²) >= 11 is 0. The average Bonchev–Trinajstić information content (AvgIpc) is 2.87. The highest BCUT2D eigenvalue weighted by atomic mass is 32.2. The molecule has 0 saturated heterocycles. The third-order valence-corrected chi connectivity index (χ3v) is 5.84. The Bertz CT molecular complexity index is 796. The summed E-state index contributed by atoms with van der Waals surface area (Å²) < 4.78 is 26.4. The van der Waals surface area contributed by atoms with Gasteiger partial charge in [-0.25, -0.2) is 8.42 Å². The molecule has 24 heavy (non-hydrogen) atoms. The van der Waals surface area contributed by atoms with Gasteiger partial charge in [-0.15, -0.1) is 0 Å². The summed E-state index contributed by atoms with van der Waals surface area (Å²) in [5, 5.41) is 6.56. The topological polar surface area (TPSA) is 86.4 Å². The third kappa shape index (κ3) is 3.82. The first kappa shape index (κ1) is 18.2. The fraction of sp³-hybridized carbons (Fsp3) is 0.375. The van der Waals surface area contributed by atoms with Crippen LogP contribution in [0.4, 0.5) is 0 Å². The Morgan fingerprint density at radius 2 is 1.79 bits per heavy atom. The predicted molar refractivity (Wildman–Crippen MR) is 90.8 cm³/mol. The summed E-state index contributed by atoms with van der Waals surface area (Å²) in [7, 11) is -0.711. The van der Waals surface area contributed by atoms with Gasteiger partial charge in [0.1, 0.15) is 4.90 Å². The number of aryl methyl sites for hydroxylation is 2. The van der Waals surface area contributed by atoms with E-state index < -0.39 is 10.0 Å². The minimum absolute atomic E-state index is 0.128. The van der Waals surface area contributed by atoms with E-state index in [1.807, 2.05) is 30.3 Å². The molecule has 8 heteroatoms. The molecule has 1 aromatic carbocycles. The fourth-order valence-electron chi connectivity index (χ4n) is 2.42. The van der Waals surface area contributed by atoms with Crippen molar-refractivity contribution < 1.29 is 13.2 Å². The molecule has 0 unspecified atom stereocenters. The van der Waals surface area contributed by atoms with Crippen LogP contribution >= 0.6 is 0 Å². The Morgan fingerprint density at radius 3 is 2.33 bits per heavy atom. The number of carbonyl (C=O) groups excluding carboxylic acids is 1. The second-order valence-corrected chi connectivity index (χ2v) is 7.74. The molecule has 0 atom stereocenters. The maximum absolute atomic E-state index is 12.6. The second kappa shape index (κ2) is 7.14. The van der Waals surface area contributed by atoms with Crippen LogP contribution in [0.25, 0.3) is 0 Å². The number of hydrogen-bond donors (Lipinski definition) is 1. The maximum atomic E-state index is 12.6. The monoisotopic (exact) mass is 350 g/mol. The number of nitrogens with one attached hydrogen (secondary N) is 1. The highest BCUT2D eigenvalue weighted by Gasteiger charge is 2.29. The SMILES string of the molecule is Cc1n[nH]c(C)c1S(=O)(=O)N(C)CC(=O)N(C)Cc1ccccc1. The number of benzene rings is 1. The van der Waals surface area contributed by atoms with Crippen molar-refractivity contribution in [3.63, 3.8) is 0 Å². The predicted octanol–water partition coefficient (Wildman–Crippen LogP) is 1.31. The standard InChI is InChI=1S/C16H22N4O3S/c1-12-16(13(2)18-17-12)24(22,23)20(4)11-15(21)19(3)10-14-8-6-5-7-9-14/h5-9H,10-11H2,1-4H3,(H,17,18). The minimum Gasteiger partial charge on any atom is -0.340 e. The summed E-state index contributed by atoms with van der Waals surface area (Å²) in [5.74, 6) is -0.274. The van der Waals surface area contributed by atoms with E-state index in [-0.39, 0.29) is 17.3 Å². The Balaban J connectivity index is 2.08. The first-order chi connectivity index (χ1) is 11.2. The van der Waals surface area contributed by atoms with Crippen molar-refractivity contribution in [3.8, 4) is 0 Å². The summed E-state index contributed by atoms with van der Waals surface area (Å²) in [6.45, 7) is 3.46. The third-order valence-electron chi connectivity index (χ3n) is 3.78. The molecule has 1 N–H and O–H groups in total. The molecular weight excluding hydrogens is 328 g/mol. The van der Waals surface area contributed by atoms with E-state index in [1.54, 1.807) is 20.9 Å². The Hall–Kier alpha value is -2.19. The van der Waals surface area contributed by atoms with Crippen LogP contribution in [0.3, 0.4) is 0 Å². The highest BCUT2D eigenvalue weighted by molar-refractivity contribution is 7.89. The van der Waals surface area contributed by atoms with Crippen molar-refractivity contribution in [3.05, 3.63) is 47.3 Å². The lowest BCUT2D eigenvalue weighted by molar-refractivity contribution is -0.130. The molecule has 0 bridgehead atoms. The first-order valence-corrected chi connectivity index (χ1v) is 8.93. The fourth-order valence-corrected chi connectivity index (χ4v) is 3.86. The number of rotatable bonds is 6. The van der Waals surface area contributed by atoms with Gasteiger partial charge in [0.05, 0.1) is 17.9 Å². The van der Waals surface area contributed by atoms with Crippen molar-refractivity contribution in [1.82, 2.24) is 19.4 Å². The number of H-pyrrole nitrogens is 1. The van der Waals surface area contributed by atoms with Gasteiger partial charge in [0, 0.05) is 20.6 Å². The summed E-state index contributed by atoms with van der Waals surface area (Å²) in [4.78, 5) is 14.0. The largest absolute Gasteiger partial charge is 0.340 e. The van der Waals surface area contributed by atoms with Gasteiger partial charge in [0.2, 0.25) is 15.9 Å². The van der Waals surface area contributed by atoms with Crippen molar-refractivity contribution in [2.75, 3.05) is 20.6 Å². The lowest BCUT2D eigenvalue weighted by Gasteiger charge is -2.22. The molecule has 1 aromatic heterocycles. The molecule has 1 heterocycles. The molecule has 0 spiro atoms. The Labute approximate surface area is 142 Å². The lowest BCUT2D eigenvalue weighted by atomic mass is 10.2. The summed E-state index contributed by atoms with van der Waals surface area (Å²) in [6, 6.07) is 9.54. The highest BCUT2D eigenvalue weighted by Crippen LogP contribution is 2.20. The molecule has 1 amide bonds. The van der Waals surface area contributed by atoms with Gasteiger partial charge in [0.15, 0.2) is 0 Å². The van der Waals surface area contributed by atoms with Crippen molar-refractivity contribution in [2.24, 2.45) is 0 Å². The van der Waals surface area contributed by atoms with E-state index in [2.05, 4.69) is 10.2 Å². The van der Waals surface area contributed by atoms with Gasteiger partial charge in [0.25, 0.3) is 0 Å². The minimum atomic E-state index is -3.77. The van der Waals surface area contributed by atoms with Crippen LogP contribution in [0.5, 0.6) is 0 Å². The van der Waals surface area contributed by atoms with Crippen LogP contribution in [0.15, 0.2) is 35.2 Å². The number of aromatic amines is 1. The number of hydrogen-bond acceptors (Lipinski definition) is 4. The quantitative estimate of drug-likeness (QED) is 0.851. The number of aromatic nitrogens is 2. The second-order valence-electron chi connectivity index (χ2n) is 5.76. The molecule has 130 valence electrons. The zero-order valence-electron chi connectivity index (χ0n) is 14.3. The van der Waals surface area contributed by atoms with Crippen LogP contribution in [0.2, 0.25) is 0 Å². The summed E-state index contributed by atoms with van der Waals surface area (Å²) in [6.07, 6.45) is 0. The van der Waals surface area contributed by atoms with Gasteiger partial charge in [-0.1, -0.05) is 30.3 Å². The number of sulfonamides is 1. The molecule has 0 radical (unpaired) electrons. The van der Waals surface area contributed by atoms with E-state index in [4.69, 9.17) is 0 Å². The normalized spacial score (nSPS) is 11.7. The van der Waals surface area contributed by atoms with Crippen molar-refractivity contribution in [1.29, 1.82) is 0 Å². The smallest absolute Gasteiger partial charge is 0.246 e. The number of amides is 1. The zero-order valence-corrected chi connectivity index (χ0v) is 15.1. The van der Waals surface area contributed by atoms with Gasteiger partial charge >= 0.3 is 0 Å². The summed E-state index contributed by atoms with van der Waals surface area (Å²) in [5.41, 5.74) is 1.84. The number of nitrogens with zero attached hydrogens (tertiary/aromatic N) is 3. The van der Waals surface area contributed by atoms with E-state index in [9.17, 15) is 13.2 Å². The molecule has 0 aliphatic carbocycles. The number of carbonyl (C=O) groups is 1. The van der Waals surface area contributed by atoms with Crippen molar-refractivity contribution >= 4 is 15.9 Å². The lowest BCUT2D eigenvalue weighted by Crippen LogP contribution is -2.39. The van der Waals surface area contributed by atoms with E-state index in [0.717, 1.165) is 9.87 Å². The molecule has 7 nitrogen and oxygen atoms in total. The zero-order chi connectivity index (χ0) is 17.9. The average molecular weight is 350 g/mol. The molecular formula is C16H22N4O3S. The van der Waals surface area contributed by atoms with E-state index >= 15 is 0 Å². The Morgan fingerprint density at radius 1 is 1.17 bits per heavy atom. The maximum Gasteiger partial charge on any atom is 0.246 e. The van der Waals surface area contributed by atoms with Crippen LogP contribution in [0.1, 0.15) is 17.0 Å². The van der Waals surface area contributed by atoms with Gasteiger partial charge in [-0.3, -0.25) is 9.89 Å². The first-order valence-electron chi connectivity index (χ1n) is 7.49. The van der Waals surface area contributed by atoms with Crippen LogP contribution in [0, 0.1) is 13.8 Å². The Kier molecular flexibility index (Phi) is 5.40. The molecule has 0 aliphatic heterocycles. The van der Waals surface area contributed by atoms with E-state index in [1.165, 1.54) is 11.9 Å². The molecule has 0 fully saturated rings. The molecule has 0 saturated carbocycles. The molecule has 0 aliphatic rings. The van der Waals surface area contributed by atoms with Crippen LogP contribution < -0.4 is 0 Å². The van der Waals surface area contributed by atoms with Gasteiger partial charge in [-0.05, 0) is 19.4 Å². The number of likely N-dealkylation sites (N-methyl/N-ethyl adjacent to an activating group) is 2. The van der Waals surface area contributed by atoms with Crippen LogP contribution in [-0.4, -0.2) is 54.4 Å². The molecule has 2 rings (SSSR count).